The van der Waals surface area contributed by atoms with Gasteiger partial charge in [-0.1, -0.05) is 42.5 Å². The summed E-state index contributed by atoms with van der Waals surface area (Å²) in [6.45, 7) is 1.65. The summed E-state index contributed by atoms with van der Waals surface area (Å²) in [6, 6.07) is 22.7. The van der Waals surface area contributed by atoms with Gasteiger partial charge in [-0.3, -0.25) is 4.99 Å². The zero-order valence-corrected chi connectivity index (χ0v) is 14.6. The van der Waals surface area contributed by atoms with Gasteiger partial charge in [0.15, 0.2) is 0 Å². The first-order chi connectivity index (χ1) is 13.3. The summed E-state index contributed by atoms with van der Waals surface area (Å²) in [5.74, 6) is 1.47. The predicted octanol–water partition coefficient (Wildman–Crippen LogP) is 5.26. The molecule has 0 saturated heterocycles. The number of furan rings is 1. The maximum Gasteiger partial charge on any atom is 0.136 e. The lowest BCUT2D eigenvalue weighted by molar-refractivity contribution is 0.628. The average Bonchev–Trinajstić information content (AvgIpc) is 3.37. The lowest BCUT2D eigenvalue weighted by atomic mass is 10.0. The average molecular weight is 356 g/mol. The lowest BCUT2D eigenvalue weighted by Crippen LogP contribution is -2.20. The molecule has 4 aromatic rings. The van der Waals surface area contributed by atoms with Crippen molar-refractivity contribution in [2.45, 2.75) is 0 Å². The molecule has 1 aliphatic rings. The molecule has 3 aromatic carbocycles. The molecule has 0 saturated carbocycles. The van der Waals surface area contributed by atoms with E-state index in [1.54, 1.807) is 12.1 Å². The van der Waals surface area contributed by atoms with Gasteiger partial charge in [-0.15, -0.1) is 0 Å². The number of hydrogen-bond donors (Lipinski definition) is 1. The topological polar surface area (TPSA) is 37.5 Å². The Balaban J connectivity index is 1.60. The Labute approximate surface area is 156 Å². The van der Waals surface area contributed by atoms with Crippen molar-refractivity contribution in [1.82, 2.24) is 5.32 Å². The predicted molar refractivity (Wildman–Crippen MR) is 106 cm³/mol. The van der Waals surface area contributed by atoms with E-state index in [4.69, 9.17) is 4.42 Å². The van der Waals surface area contributed by atoms with Crippen LogP contribution in [-0.2, 0) is 0 Å². The maximum atomic E-state index is 13.5. The molecule has 0 unspecified atom stereocenters. The zero-order valence-electron chi connectivity index (χ0n) is 14.6. The van der Waals surface area contributed by atoms with Gasteiger partial charge in [0.2, 0.25) is 0 Å². The van der Waals surface area contributed by atoms with Crippen molar-refractivity contribution < 1.29 is 8.81 Å². The summed E-state index contributed by atoms with van der Waals surface area (Å²) in [4.78, 5) is 4.54. The number of amidine groups is 1. The number of hydrogen-bond acceptors (Lipinski definition) is 3. The van der Waals surface area contributed by atoms with Crippen LogP contribution in [0.15, 0.2) is 82.2 Å². The molecule has 0 fully saturated rings. The van der Waals surface area contributed by atoms with E-state index in [9.17, 15) is 4.39 Å². The Kier molecular flexibility index (Phi) is 3.75. The monoisotopic (exact) mass is 356 g/mol. The molecule has 1 N–H and O–H groups in total. The van der Waals surface area contributed by atoms with Crippen LogP contribution in [0.1, 0.15) is 5.56 Å². The minimum absolute atomic E-state index is 0.237. The normalized spacial score (nSPS) is 13.6. The highest BCUT2D eigenvalue weighted by atomic mass is 19.1. The molecule has 1 aromatic heterocycles. The first kappa shape index (κ1) is 15.8. The van der Waals surface area contributed by atoms with Crippen molar-refractivity contribution in [3.8, 4) is 22.5 Å². The molecule has 0 amide bonds. The van der Waals surface area contributed by atoms with Crippen LogP contribution in [0.4, 0.5) is 4.39 Å². The number of aliphatic imine (C=N–C) groups is 1. The van der Waals surface area contributed by atoms with Crippen LogP contribution in [0, 0.1) is 5.82 Å². The first-order valence-electron chi connectivity index (χ1n) is 8.95. The number of benzene rings is 3. The second-order valence-electron chi connectivity index (χ2n) is 6.58. The minimum atomic E-state index is -0.237. The molecule has 0 spiro atoms. The quantitative estimate of drug-likeness (QED) is 0.544. The van der Waals surface area contributed by atoms with Crippen LogP contribution in [0.25, 0.3) is 33.4 Å². The summed E-state index contributed by atoms with van der Waals surface area (Å²) in [5.41, 5.74) is 4.67. The Morgan fingerprint density at radius 2 is 1.70 bits per heavy atom. The fourth-order valence-electron chi connectivity index (χ4n) is 3.51. The van der Waals surface area contributed by atoms with Crippen LogP contribution >= 0.6 is 0 Å². The molecular weight excluding hydrogens is 339 g/mol. The number of nitrogens with one attached hydrogen (secondary N) is 1. The third kappa shape index (κ3) is 2.89. The first-order valence-corrected chi connectivity index (χ1v) is 8.95. The van der Waals surface area contributed by atoms with Crippen LogP contribution in [-0.4, -0.2) is 18.9 Å². The molecule has 0 bridgehead atoms. The van der Waals surface area contributed by atoms with E-state index in [-0.39, 0.29) is 5.82 Å². The van der Waals surface area contributed by atoms with Gasteiger partial charge in [-0.25, -0.2) is 4.39 Å². The van der Waals surface area contributed by atoms with E-state index in [1.807, 2.05) is 48.5 Å². The second kappa shape index (κ2) is 6.40. The molecular formula is C23H17FN2O. The molecule has 5 rings (SSSR count). The third-order valence-electron chi connectivity index (χ3n) is 4.80. The number of rotatable bonds is 3. The lowest BCUT2D eigenvalue weighted by Gasteiger charge is -2.07. The van der Waals surface area contributed by atoms with Gasteiger partial charge >= 0.3 is 0 Å². The fraction of sp³-hybridized carbons (Fsp3) is 0.0870. The van der Waals surface area contributed by atoms with E-state index in [0.29, 0.717) is 0 Å². The molecule has 2 heterocycles. The number of halogens is 1. The Morgan fingerprint density at radius 1 is 0.852 bits per heavy atom. The van der Waals surface area contributed by atoms with Crippen molar-refractivity contribution in [2.24, 2.45) is 4.99 Å². The molecule has 0 radical (unpaired) electrons. The fourth-order valence-corrected chi connectivity index (χ4v) is 3.51. The van der Waals surface area contributed by atoms with Gasteiger partial charge in [-0.2, -0.15) is 0 Å². The van der Waals surface area contributed by atoms with Crippen LogP contribution in [0.2, 0.25) is 0 Å². The van der Waals surface area contributed by atoms with Gasteiger partial charge in [0.05, 0.1) is 6.54 Å². The zero-order chi connectivity index (χ0) is 18.2. The summed E-state index contributed by atoms with van der Waals surface area (Å²) in [6.07, 6.45) is 0. The number of nitrogens with zero attached hydrogens (tertiary/aromatic N) is 1. The largest absolute Gasteiger partial charge is 0.456 e. The van der Waals surface area contributed by atoms with E-state index in [0.717, 1.165) is 57.9 Å². The SMILES string of the molecule is Fc1cccc(-c2ccc3oc(-c4ccccc4C4=NCCN4)cc3c2)c1. The summed E-state index contributed by atoms with van der Waals surface area (Å²) < 4.78 is 19.7. The molecule has 4 heteroatoms. The van der Waals surface area contributed by atoms with Gasteiger partial charge in [-0.05, 0) is 41.5 Å². The maximum absolute atomic E-state index is 13.5. The van der Waals surface area contributed by atoms with Gasteiger partial charge in [0.1, 0.15) is 23.0 Å². The van der Waals surface area contributed by atoms with Gasteiger partial charge in [0, 0.05) is 23.1 Å². The molecule has 1 aliphatic heterocycles. The van der Waals surface area contributed by atoms with E-state index < -0.39 is 0 Å². The molecule has 27 heavy (non-hydrogen) atoms. The van der Waals surface area contributed by atoms with Crippen molar-refractivity contribution in [1.29, 1.82) is 0 Å². The highest BCUT2D eigenvalue weighted by Gasteiger charge is 2.16. The molecule has 0 atom stereocenters. The van der Waals surface area contributed by atoms with Gasteiger partial charge < -0.3 is 9.73 Å². The molecule has 0 aliphatic carbocycles. The van der Waals surface area contributed by atoms with Crippen LogP contribution in [0.3, 0.4) is 0 Å². The summed E-state index contributed by atoms with van der Waals surface area (Å²) in [7, 11) is 0. The Bertz CT molecular complexity index is 1180. The van der Waals surface area contributed by atoms with Crippen molar-refractivity contribution in [3.05, 3.63) is 84.2 Å². The second-order valence-corrected chi connectivity index (χ2v) is 6.58. The highest BCUT2D eigenvalue weighted by Crippen LogP contribution is 2.33. The minimum Gasteiger partial charge on any atom is -0.456 e. The van der Waals surface area contributed by atoms with E-state index in [2.05, 4.69) is 16.4 Å². The van der Waals surface area contributed by atoms with Gasteiger partial charge in [0.25, 0.3) is 0 Å². The van der Waals surface area contributed by atoms with Crippen LogP contribution in [0.5, 0.6) is 0 Å². The summed E-state index contributed by atoms with van der Waals surface area (Å²) in [5, 5.41) is 4.31. The smallest absolute Gasteiger partial charge is 0.136 e. The Hall–Kier alpha value is -3.40. The number of fused-ring (bicyclic) bond motifs is 1. The van der Waals surface area contributed by atoms with Crippen LogP contribution < -0.4 is 5.32 Å². The summed E-state index contributed by atoms with van der Waals surface area (Å²) >= 11 is 0. The highest BCUT2D eigenvalue weighted by molar-refractivity contribution is 6.05. The molecule has 132 valence electrons. The van der Waals surface area contributed by atoms with E-state index in [1.165, 1.54) is 6.07 Å². The van der Waals surface area contributed by atoms with Crippen molar-refractivity contribution in [3.63, 3.8) is 0 Å². The molecule has 3 nitrogen and oxygen atoms in total. The Morgan fingerprint density at radius 3 is 2.52 bits per heavy atom. The van der Waals surface area contributed by atoms with E-state index >= 15 is 0 Å². The van der Waals surface area contributed by atoms with Crippen molar-refractivity contribution in [2.75, 3.05) is 13.1 Å². The van der Waals surface area contributed by atoms with Crippen molar-refractivity contribution >= 4 is 16.8 Å². The standard InChI is InChI=1S/C23H17FN2O/c24-18-5-3-4-15(13-18)16-8-9-21-17(12-16)14-22(27-21)19-6-1-2-7-20(19)23-25-10-11-26-23/h1-9,12-14H,10-11H2,(H,25,26). The third-order valence-corrected chi connectivity index (χ3v) is 4.80.